The van der Waals surface area contributed by atoms with Gasteiger partial charge in [-0.3, -0.25) is 14.5 Å². The second-order valence-corrected chi connectivity index (χ2v) is 5.11. The number of halogens is 1. The van der Waals surface area contributed by atoms with Crippen molar-refractivity contribution in [3.05, 3.63) is 23.3 Å². The Labute approximate surface area is 141 Å². The number of benzene rings is 1. The van der Waals surface area contributed by atoms with Crippen LogP contribution in [0.4, 0.5) is 0 Å². The number of methoxy groups -OCH3 is 2. The molecule has 0 aliphatic carbocycles. The lowest BCUT2D eigenvalue weighted by Gasteiger charge is -2.28. The molecule has 1 aliphatic heterocycles. The van der Waals surface area contributed by atoms with Crippen LogP contribution in [0, 0.1) is 0 Å². The molecule has 1 amide bonds. The zero-order chi connectivity index (χ0) is 16.1. The summed E-state index contributed by atoms with van der Waals surface area (Å²) < 4.78 is 10.6. The molecule has 1 heterocycles. The molecule has 1 aromatic rings. The number of hydrogen-bond acceptors (Lipinski definition) is 5. The van der Waals surface area contributed by atoms with Crippen molar-refractivity contribution in [3.8, 4) is 11.5 Å². The van der Waals surface area contributed by atoms with Crippen molar-refractivity contribution in [2.24, 2.45) is 0 Å². The monoisotopic (exact) mass is 344 g/mol. The summed E-state index contributed by atoms with van der Waals surface area (Å²) in [6, 6.07) is 3.89. The van der Waals surface area contributed by atoms with Crippen LogP contribution in [0.5, 0.6) is 11.5 Å². The molecule has 2 rings (SSSR count). The number of nitrogens with zero attached hydrogens (tertiary/aromatic N) is 1. The van der Waals surface area contributed by atoms with Crippen molar-refractivity contribution in [3.63, 3.8) is 0 Å². The molecule has 0 atom stereocenters. The van der Waals surface area contributed by atoms with Crippen LogP contribution < -0.4 is 14.8 Å². The molecule has 0 saturated carbocycles. The standard InChI is InChI=1S/C15H20N2O5.ClH/c1-21-12-5-10-3-4-17(8-11(10)6-13(12)22-2)9-14(18)16-7-15(19)20;/h5-6H,3-4,7-9H2,1-2H3,(H,16,18)(H,19,20);1H. The summed E-state index contributed by atoms with van der Waals surface area (Å²) in [6.45, 7) is 1.19. The molecule has 1 aliphatic rings. The number of carbonyl (C=O) groups excluding carboxylic acids is 1. The first-order valence-corrected chi connectivity index (χ1v) is 6.98. The molecule has 0 aromatic heterocycles. The number of carboxylic acid groups (broad SMARTS) is 1. The minimum absolute atomic E-state index is 0. The van der Waals surface area contributed by atoms with Crippen molar-refractivity contribution in [1.82, 2.24) is 10.2 Å². The van der Waals surface area contributed by atoms with E-state index in [1.165, 1.54) is 5.56 Å². The van der Waals surface area contributed by atoms with E-state index in [1.54, 1.807) is 14.2 Å². The predicted molar refractivity (Wildman–Crippen MR) is 86.4 cm³/mol. The molecule has 2 N–H and O–H groups in total. The fourth-order valence-corrected chi connectivity index (χ4v) is 2.51. The highest BCUT2D eigenvalue weighted by molar-refractivity contribution is 5.85. The Bertz CT molecular complexity index is 579. The van der Waals surface area contributed by atoms with Crippen LogP contribution in [0.2, 0.25) is 0 Å². The molecular formula is C15H21ClN2O5. The third-order valence-electron chi connectivity index (χ3n) is 3.60. The molecular weight excluding hydrogens is 324 g/mol. The number of carboxylic acids is 1. The van der Waals surface area contributed by atoms with E-state index in [2.05, 4.69) is 5.32 Å². The molecule has 8 heteroatoms. The van der Waals surface area contributed by atoms with E-state index < -0.39 is 5.97 Å². The molecule has 0 spiro atoms. The summed E-state index contributed by atoms with van der Waals surface area (Å²) in [7, 11) is 3.19. The summed E-state index contributed by atoms with van der Waals surface area (Å²) in [4.78, 5) is 24.1. The van der Waals surface area contributed by atoms with Crippen molar-refractivity contribution >= 4 is 24.3 Å². The summed E-state index contributed by atoms with van der Waals surface area (Å²) in [5.41, 5.74) is 2.27. The lowest BCUT2D eigenvalue weighted by atomic mass is 9.99. The van der Waals surface area contributed by atoms with Crippen molar-refractivity contribution in [2.75, 3.05) is 33.9 Å². The van der Waals surface area contributed by atoms with Gasteiger partial charge in [0, 0.05) is 13.1 Å². The number of carbonyl (C=O) groups is 2. The molecule has 7 nitrogen and oxygen atoms in total. The average molecular weight is 345 g/mol. The first kappa shape index (κ1) is 19.1. The highest BCUT2D eigenvalue weighted by Gasteiger charge is 2.21. The summed E-state index contributed by atoms with van der Waals surface area (Å²) in [5, 5.41) is 10.9. The van der Waals surface area contributed by atoms with Crippen LogP contribution in [0.3, 0.4) is 0 Å². The number of aliphatic carboxylic acids is 1. The predicted octanol–water partition coefficient (Wildman–Crippen LogP) is 0.684. The fourth-order valence-electron chi connectivity index (χ4n) is 2.51. The highest BCUT2D eigenvalue weighted by atomic mass is 35.5. The molecule has 128 valence electrons. The van der Waals surface area contributed by atoms with Crippen LogP contribution in [-0.2, 0) is 22.6 Å². The van der Waals surface area contributed by atoms with E-state index in [9.17, 15) is 9.59 Å². The average Bonchev–Trinajstić information content (AvgIpc) is 2.51. The second kappa shape index (κ2) is 8.59. The van der Waals surface area contributed by atoms with Gasteiger partial charge in [0.2, 0.25) is 5.91 Å². The van der Waals surface area contributed by atoms with E-state index in [4.69, 9.17) is 14.6 Å². The molecule has 0 radical (unpaired) electrons. The Kier molecular flexibility index (Phi) is 7.12. The maximum Gasteiger partial charge on any atom is 0.322 e. The van der Waals surface area contributed by atoms with Gasteiger partial charge in [0.05, 0.1) is 20.8 Å². The summed E-state index contributed by atoms with van der Waals surface area (Å²) >= 11 is 0. The van der Waals surface area contributed by atoms with Crippen LogP contribution in [0.25, 0.3) is 0 Å². The minimum atomic E-state index is -1.05. The zero-order valence-corrected chi connectivity index (χ0v) is 13.9. The van der Waals surface area contributed by atoms with Crippen LogP contribution >= 0.6 is 12.4 Å². The topological polar surface area (TPSA) is 88.1 Å². The van der Waals surface area contributed by atoms with Crippen LogP contribution in [0.1, 0.15) is 11.1 Å². The Hall–Kier alpha value is -1.99. The van der Waals surface area contributed by atoms with Gasteiger partial charge in [0.15, 0.2) is 11.5 Å². The first-order chi connectivity index (χ1) is 10.5. The van der Waals surface area contributed by atoms with Gasteiger partial charge in [-0.2, -0.15) is 0 Å². The third kappa shape index (κ3) is 5.01. The van der Waals surface area contributed by atoms with Gasteiger partial charge in [-0.1, -0.05) is 0 Å². The first-order valence-electron chi connectivity index (χ1n) is 6.98. The minimum Gasteiger partial charge on any atom is -0.493 e. The molecule has 0 bridgehead atoms. The zero-order valence-electron chi connectivity index (χ0n) is 13.1. The van der Waals surface area contributed by atoms with E-state index >= 15 is 0 Å². The highest BCUT2D eigenvalue weighted by Crippen LogP contribution is 2.33. The van der Waals surface area contributed by atoms with Gasteiger partial charge in [0.1, 0.15) is 6.54 Å². The largest absolute Gasteiger partial charge is 0.493 e. The SMILES string of the molecule is COc1cc2c(cc1OC)CN(CC(=O)NCC(=O)O)CC2.Cl. The van der Waals surface area contributed by atoms with Crippen LogP contribution in [-0.4, -0.2) is 55.7 Å². The van der Waals surface area contributed by atoms with Crippen LogP contribution in [0.15, 0.2) is 12.1 Å². The number of fused-ring (bicyclic) bond motifs is 1. The lowest BCUT2D eigenvalue weighted by Crippen LogP contribution is -2.41. The van der Waals surface area contributed by atoms with E-state index in [0.29, 0.717) is 18.0 Å². The lowest BCUT2D eigenvalue weighted by molar-refractivity contribution is -0.138. The third-order valence-corrected chi connectivity index (χ3v) is 3.60. The number of ether oxygens (including phenoxy) is 2. The second-order valence-electron chi connectivity index (χ2n) is 5.11. The molecule has 0 fully saturated rings. The molecule has 0 unspecified atom stereocenters. The number of amides is 1. The quantitative estimate of drug-likeness (QED) is 0.789. The van der Waals surface area contributed by atoms with Crippen molar-refractivity contribution in [2.45, 2.75) is 13.0 Å². The van der Waals surface area contributed by atoms with E-state index in [1.807, 2.05) is 17.0 Å². The number of hydrogen-bond donors (Lipinski definition) is 2. The van der Waals surface area contributed by atoms with Gasteiger partial charge in [-0.05, 0) is 29.7 Å². The van der Waals surface area contributed by atoms with Gasteiger partial charge >= 0.3 is 5.97 Å². The van der Waals surface area contributed by atoms with Gasteiger partial charge < -0.3 is 19.9 Å². The summed E-state index contributed by atoms with van der Waals surface area (Å²) in [5.74, 6) is 0.0350. The molecule has 1 aromatic carbocycles. The van der Waals surface area contributed by atoms with Gasteiger partial charge in [-0.25, -0.2) is 0 Å². The Morgan fingerprint density at radius 3 is 2.39 bits per heavy atom. The van der Waals surface area contributed by atoms with Crippen molar-refractivity contribution in [1.29, 1.82) is 0 Å². The maximum atomic E-state index is 11.7. The van der Waals surface area contributed by atoms with Crippen molar-refractivity contribution < 1.29 is 24.2 Å². The maximum absolute atomic E-state index is 11.7. The number of nitrogens with one attached hydrogen (secondary N) is 1. The smallest absolute Gasteiger partial charge is 0.322 e. The normalized spacial score (nSPS) is 13.5. The molecule has 0 saturated heterocycles. The Morgan fingerprint density at radius 1 is 1.22 bits per heavy atom. The Morgan fingerprint density at radius 2 is 1.83 bits per heavy atom. The number of rotatable bonds is 6. The van der Waals surface area contributed by atoms with Gasteiger partial charge in [-0.15, -0.1) is 12.4 Å². The Balaban J connectivity index is 0.00000264. The van der Waals surface area contributed by atoms with Gasteiger partial charge in [0.25, 0.3) is 0 Å². The fraction of sp³-hybridized carbons (Fsp3) is 0.467. The molecule has 23 heavy (non-hydrogen) atoms. The van der Waals surface area contributed by atoms with E-state index in [-0.39, 0.29) is 31.4 Å². The summed E-state index contributed by atoms with van der Waals surface area (Å²) in [6.07, 6.45) is 0.807. The van der Waals surface area contributed by atoms with E-state index in [0.717, 1.165) is 18.5 Å².